The molecule has 1 aliphatic rings. The SMILES string of the molecule is CCCC1CCN(c2ncc(CCl)c(C)n2)C1. The third kappa shape index (κ3) is 2.89. The van der Waals surface area contributed by atoms with Crippen LogP contribution in [0.4, 0.5) is 5.95 Å². The molecule has 1 aromatic rings. The first-order valence-corrected chi connectivity index (χ1v) is 6.91. The van der Waals surface area contributed by atoms with Crippen LogP contribution >= 0.6 is 11.6 Å². The van der Waals surface area contributed by atoms with Crippen LogP contribution in [0, 0.1) is 12.8 Å². The molecule has 0 aliphatic carbocycles. The lowest BCUT2D eigenvalue weighted by Crippen LogP contribution is -2.22. The standard InChI is InChI=1S/C13H20ClN3/c1-3-4-11-5-6-17(9-11)13-15-8-12(7-14)10(2)16-13/h8,11H,3-7,9H2,1-2H3. The number of anilines is 1. The van der Waals surface area contributed by atoms with Gasteiger partial charge in [-0.2, -0.15) is 0 Å². The van der Waals surface area contributed by atoms with Crippen molar-refractivity contribution in [2.75, 3.05) is 18.0 Å². The average Bonchev–Trinajstić information content (AvgIpc) is 2.78. The zero-order valence-corrected chi connectivity index (χ0v) is 11.4. The van der Waals surface area contributed by atoms with Crippen molar-refractivity contribution in [3.63, 3.8) is 0 Å². The highest BCUT2D eigenvalue weighted by Crippen LogP contribution is 2.24. The van der Waals surface area contributed by atoms with Gasteiger partial charge < -0.3 is 4.90 Å². The van der Waals surface area contributed by atoms with Crippen molar-refractivity contribution in [1.82, 2.24) is 9.97 Å². The molecule has 2 heterocycles. The summed E-state index contributed by atoms with van der Waals surface area (Å²) in [7, 11) is 0. The molecule has 0 aromatic carbocycles. The van der Waals surface area contributed by atoms with Crippen molar-refractivity contribution in [2.24, 2.45) is 5.92 Å². The van der Waals surface area contributed by atoms with Crippen LogP contribution in [0.1, 0.15) is 37.4 Å². The van der Waals surface area contributed by atoms with Crippen LogP contribution < -0.4 is 4.90 Å². The number of hydrogen-bond acceptors (Lipinski definition) is 3. The first-order chi connectivity index (χ1) is 8.24. The van der Waals surface area contributed by atoms with Gasteiger partial charge in [-0.25, -0.2) is 9.97 Å². The van der Waals surface area contributed by atoms with Crippen LogP contribution in [-0.2, 0) is 5.88 Å². The lowest BCUT2D eigenvalue weighted by molar-refractivity contribution is 0.529. The Labute approximate surface area is 108 Å². The molecule has 3 nitrogen and oxygen atoms in total. The molecular weight excluding hydrogens is 234 g/mol. The fourth-order valence-corrected chi connectivity index (χ4v) is 2.68. The van der Waals surface area contributed by atoms with Gasteiger partial charge in [0.25, 0.3) is 0 Å². The Hall–Kier alpha value is -0.830. The van der Waals surface area contributed by atoms with E-state index in [9.17, 15) is 0 Å². The van der Waals surface area contributed by atoms with Gasteiger partial charge in [-0.05, 0) is 25.7 Å². The van der Waals surface area contributed by atoms with Crippen LogP contribution in [0.15, 0.2) is 6.20 Å². The van der Waals surface area contributed by atoms with Gasteiger partial charge in [-0.15, -0.1) is 11.6 Å². The number of nitrogens with zero attached hydrogens (tertiary/aromatic N) is 3. The van der Waals surface area contributed by atoms with Crippen LogP contribution in [0.5, 0.6) is 0 Å². The van der Waals surface area contributed by atoms with E-state index in [1.165, 1.54) is 19.3 Å². The maximum absolute atomic E-state index is 5.82. The number of aryl methyl sites for hydroxylation is 1. The summed E-state index contributed by atoms with van der Waals surface area (Å²) in [6, 6.07) is 0. The molecule has 0 bridgehead atoms. The summed E-state index contributed by atoms with van der Waals surface area (Å²) in [5.74, 6) is 2.18. The van der Waals surface area contributed by atoms with Crippen LogP contribution in [0.25, 0.3) is 0 Å². The Morgan fingerprint density at radius 1 is 1.53 bits per heavy atom. The molecule has 1 atom stereocenters. The Balaban J connectivity index is 2.06. The highest BCUT2D eigenvalue weighted by atomic mass is 35.5. The summed E-state index contributed by atoms with van der Waals surface area (Å²) in [6.45, 7) is 6.44. The maximum Gasteiger partial charge on any atom is 0.225 e. The van der Waals surface area contributed by atoms with Crippen LogP contribution in [-0.4, -0.2) is 23.1 Å². The minimum atomic E-state index is 0.491. The molecule has 94 valence electrons. The Morgan fingerprint density at radius 3 is 3.00 bits per heavy atom. The van der Waals surface area contributed by atoms with Crippen molar-refractivity contribution >= 4 is 17.5 Å². The largest absolute Gasteiger partial charge is 0.341 e. The summed E-state index contributed by atoms with van der Waals surface area (Å²) in [6.07, 6.45) is 5.71. The average molecular weight is 254 g/mol. The third-order valence-corrected chi connectivity index (χ3v) is 3.77. The zero-order valence-electron chi connectivity index (χ0n) is 10.6. The van der Waals surface area contributed by atoms with Gasteiger partial charge >= 0.3 is 0 Å². The molecule has 1 aromatic heterocycles. The summed E-state index contributed by atoms with van der Waals surface area (Å²) in [5, 5.41) is 0. The molecule has 0 amide bonds. The second-order valence-electron chi connectivity index (χ2n) is 4.80. The zero-order chi connectivity index (χ0) is 12.3. The van der Waals surface area contributed by atoms with E-state index < -0.39 is 0 Å². The summed E-state index contributed by atoms with van der Waals surface area (Å²) in [5.41, 5.74) is 2.03. The van der Waals surface area contributed by atoms with E-state index in [1.807, 2.05) is 13.1 Å². The minimum Gasteiger partial charge on any atom is -0.341 e. The quantitative estimate of drug-likeness (QED) is 0.772. The second kappa shape index (κ2) is 5.67. The molecule has 1 aliphatic heterocycles. The topological polar surface area (TPSA) is 29.0 Å². The number of aromatic nitrogens is 2. The van der Waals surface area contributed by atoms with Crippen molar-refractivity contribution in [3.8, 4) is 0 Å². The smallest absolute Gasteiger partial charge is 0.225 e. The Bertz CT molecular complexity index is 381. The van der Waals surface area contributed by atoms with Crippen molar-refractivity contribution in [2.45, 2.75) is 39.0 Å². The van der Waals surface area contributed by atoms with E-state index in [1.54, 1.807) is 0 Å². The van der Waals surface area contributed by atoms with E-state index in [-0.39, 0.29) is 0 Å². The van der Waals surface area contributed by atoms with Gasteiger partial charge in [0, 0.05) is 30.5 Å². The monoisotopic (exact) mass is 253 g/mol. The molecule has 2 rings (SSSR count). The highest BCUT2D eigenvalue weighted by molar-refractivity contribution is 6.17. The van der Waals surface area contributed by atoms with Gasteiger partial charge in [0.05, 0.1) is 5.88 Å². The fourth-order valence-electron chi connectivity index (χ4n) is 2.42. The molecule has 1 fully saturated rings. The minimum absolute atomic E-state index is 0.491. The molecule has 0 N–H and O–H groups in total. The summed E-state index contributed by atoms with van der Waals surface area (Å²) < 4.78 is 0. The van der Waals surface area contributed by atoms with E-state index in [0.29, 0.717) is 5.88 Å². The number of hydrogen-bond donors (Lipinski definition) is 0. The second-order valence-corrected chi connectivity index (χ2v) is 5.07. The van der Waals surface area contributed by atoms with Gasteiger partial charge in [0.2, 0.25) is 5.95 Å². The van der Waals surface area contributed by atoms with Gasteiger partial charge in [0.1, 0.15) is 0 Å². The molecule has 0 saturated carbocycles. The lowest BCUT2D eigenvalue weighted by atomic mass is 10.0. The Kier molecular flexibility index (Phi) is 4.21. The number of alkyl halides is 1. The van der Waals surface area contributed by atoms with Crippen LogP contribution in [0.3, 0.4) is 0 Å². The van der Waals surface area contributed by atoms with Crippen molar-refractivity contribution in [1.29, 1.82) is 0 Å². The number of rotatable bonds is 4. The first-order valence-electron chi connectivity index (χ1n) is 6.38. The van der Waals surface area contributed by atoms with Gasteiger partial charge in [0.15, 0.2) is 0 Å². The summed E-state index contributed by atoms with van der Waals surface area (Å²) in [4.78, 5) is 11.3. The Morgan fingerprint density at radius 2 is 2.35 bits per heavy atom. The summed E-state index contributed by atoms with van der Waals surface area (Å²) >= 11 is 5.82. The first kappa shape index (κ1) is 12.6. The highest BCUT2D eigenvalue weighted by Gasteiger charge is 2.23. The van der Waals surface area contributed by atoms with Crippen molar-refractivity contribution < 1.29 is 0 Å². The van der Waals surface area contributed by atoms with E-state index in [4.69, 9.17) is 11.6 Å². The number of halogens is 1. The van der Waals surface area contributed by atoms with E-state index in [2.05, 4.69) is 21.8 Å². The molecular formula is C13H20ClN3. The molecule has 4 heteroatoms. The molecule has 17 heavy (non-hydrogen) atoms. The molecule has 0 radical (unpaired) electrons. The molecule has 1 saturated heterocycles. The molecule has 0 spiro atoms. The molecule has 1 unspecified atom stereocenters. The van der Waals surface area contributed by atoms with Gasteiger partial charge in [-0.3, -0.25) is 0 Å². The normalized spacial score (nSPS) is 19.9. The van der Waals surface area contributed by atoms with Crippen molar-refractivity contribution in [3.05, 3.63) is 17.5 Å². The van der Waals surface area contributed by atoms with E-state index >= 15 is 0 Å². The lowest BCUT2D eigenvalue weighted by Gasteiger charge is -2.17. The van der Waals surface area contributed by atoms with Crippen LogP contribution in [0.2, 0.25) is 0 Å². The third-order valence-electron chi connectivity index (χ3n) is 3.48. The van der Waals surface area contributed by atoms with Gasteiger partial charge in [-0.1, -0.05) is 13.3 Å². The predicted molar refractivity (Wildman–Crippen MR) is 71.6 cm³/mol. The fraction of sp³-hybridized carbons (Fsp3) is 0.692. The maximum atomic E-state index is 5.82. The van der Waals surface area contributed by atoms with E-state index in [0.717, 1.165) is 36.2 Å². The predicted octanol–water partition coefficient (Wildman–Crippen LogP) is 3.15.